The minimum absolute atomic E-state index is 0.215. The van der Waals surface area contributed by atoms with Crippen LogP contribution in [0.2, 0.25) is 5.02 Å². The predicted molar refractivity (Wildman–Crippen MR) is 100 cm³/mol. The number of amides is 1. The van der Waals surface area contributed by atoms with E-state index < -0.39 is 6.10 Å². The number of rotatable bonds is 6. The van der Waals surface area contributed by atoms with Crippen LogP contribution in [-0.4, -0.2) is 17.0 Å². The SMILES string of the molecule is Cc1cc(O[C@H](C)C(=O)N(Cc2ccco2)c2ccccn2)ccc1Cl. The van der Waals surface area contributed by atoms with E-state index in [9.17, 15) is 4.79 Å². The van der Waals surface area contributed by atoms with E-state index >= 15 is 0 Å². The van der Waals surface area contributed by atoms with Crippen molar-refractivity contribution in [3.63, 3.8) is 0 Å². The predicted octanol–water partition coefficient (Wildman–Crippen LogP) is 4.64. The van der Waals surface area contributed by atoms with Crippen molar-refractivity contribution in [1.29, 1.82) is 0 Å². The summed E-state index contributed by atoms with van der Waals surface area (Å²) in [6.07, 6.45) is 2.52. The molecule has 0 unspecified atom stereocenters. The Morgan fingerprint density at radius 1 is 1.27 bits per heavy atom. The van der Waals surface area contributed by atoms with E-state index in [2.05, 4.69) is 4.98 Å². The molecule has 1 aromatic carbocycles. The highest BCUT2D eigenvalue weighted by atomic mass is 35.5. The molecule has 0 aliphatic heterocycles. The number of aromatic nitrogens is 1. The average Bonchev–Trinajstić information content (AvgIpc) is 3.16. The number of carbonyl (C=O) groups is 1. The molecular weight excluding hydrogens is 352 g/mol. The fourth-order valence-corrected chi connectivity index (χ4v) is 2.63. The van der Waals surface area contributed by atoms with Gasteiger partial charge in [-0.3, -0.25) is 9.69 Å². The zero-order chi connectivity index (χ0) is 18.5. The lowest BCUT2D eigenvalue weighted by atomic mass is 10.2. The Balaban J connectivity index is 1.80. The van der Waals surface area contributed by atoms with Crippen molar-refractivity contribution < 1.29 is 13.9 Å². The second-order valence-electron chi connectivity index (χ2n) is 5.86. The third kappa shape index (κ3) is 4.24. The van der Waals surface area contributed by atoms with Crippen molar-refractivity contribution in [2.75, 3.05) is 4.90 Å². The van der Waals surface area contributed by atoms with E-state index in [1.807, 2.05) is 25.1 Å². The fourth-order valence-electron chi connectivity index (χ4n) is 2.51. The maximum absolute atomic E-state index is 13.0. The zero-order valence-corrected chi connectivity index (χ0v) is 15.3. The summed E-state index contributed by atoms with van der Waals surface area (Å²) in [5, 5.41) is 0.657. The number of halogens is 1. The Morgan fingerprint density at radius 2 is 2.12 bits per heavy atom. The summed E-state index contributed by atoms with van der Waals surface area (Å²) in [5.41, 5.74) is 0.890. The van der Waals surface area contributed by atoms with Crippen molar-refractivity contribution in [2.24, 2.45) is 0 Å². The van der Waals surface area contributed by atoms with Gasteiger partial charge in [0.25, 0.3) is 5.91 Å². The van der Waals surface area contributed by atoms with Crippen LogP contribution < -0.4 is 9.64 Å². The van der Waals surface area contributed by atoms with Crippen LogP contribution in [0.25, 0.3) is 0 Å². The number of nitrogens with zero attached hydrogens (tertiary/aromatic N) is 2. The van der Waals surface area contributed by atoms with Gasteiger partial charge in [0.05, 0.1) is 12.8 Å². The Morgan fingerprint density at radius 3 is 2.77 bits per heavy atom. The molecule has 26 heavy (non-hydrogen) atoms. The minimum Gasteiger partial charge on any atom is -0.481 e. The van der Waals surface area contributed by atoms with Gasteiger partial charge in [-0.2, -0.15) is 0 Å². The Bertz CT molecular complexity index is 866. The summed E-state index contributed by atoms with van der Waals surface area (Å²) >= 11 is 6.04. The number of carbonyl (C=O) groups excluding carboxylic acids is 1. The van der Waals surface area contributed by atoms with E-state index in [0.717, 1.165) is 5.56 Å². The summed E-state index contributed by atoms with van der Waals surface area (Å²) in [4.78, 5) is 18.9. The molecule has 3 rings (SSSR count). The number of anilines is 1. The van der Waals surface area contributed by atoms with Crippen molar-refractivity contribution in [1.82, 2.24) is 4.98 Å². The maximum Gasteiger partial charge on any atom is 0.269 e. The van der Waals surface area contributed by atoms with Gasteiger partial charge < -0.3 is 9.15 Å². The van der Waals surface area contributed by atoms with Gasteiger partial charge in [0, 0.05) is 11.2 Å². The molecule has 0 aliphatic carbocycles. The van der Waals surface area contributed by atoms with Crippen molar-refractivity contribution in [3.8, 4) is 5.75 Å². The molecule has 1 amide bonds. The monoisotopic (exact) mass is 370 g/mol. The molecule has 1 atom stereocenters. The Kier molecular flexibility index (Phi) is 5.58. The lowest BCUT2D eigenvalue weighted by Gasteiger charge is -2.24. The quantitative estimate of drug-likeness (QED) is 0.634. The second kappa shape index (κ2) is 8.06. The molecule has 134 valence electrons. The molecular formula is C20H19ClN2O3. The summed E-state index contributed by atoms with van der Waals surface area (Å²) in [6, 6.07) is 14.3. The Labute approximate surface area is 157 Å². The second-order valence-corrected chi connectivity index (χ2v) is 6.27. The van der Waals surface area contributed by atoms with Crippen LogP contribution in [-0.2, 0) is 11.3 Å². The molecule has 6 heteroatoms. The number of benzene rings is 1. The van der Waals surface area contributed by atoms with Gasteiger partial charge in [0.15, 0.2) is 6.10 Å². The van der Waals surface area contributed by atoms with Gasteiger partial charge in [-0.15, -0.1) is 0 Å². The standard InChI is InChI=1S/C20H19ClN2O3/c1-14-12-16(8-9-18(14)21)26-15(2)20(24)23(13-17-6-5-11-25-17)19-7-3-4-10-22-19/h3-12,15H,13H2,1-2H3/t15-/m1/s1. The number of hydrogen-bond acceptors (Lipinski definition) is 4. The highest BCUT2D eigenvalue weighted by molar-refractivity contribution is 6.31. The fraction of sp³-hybridized carbons (Fsp3) is 0.200. The van der Waals surface area contributed by atoms with Crippen LogP contribution in [0.4, 0.5) is 5.82 Å². The summed E-state index contributed by atoms with van der Waals surface area (Å²) in [5.74, 6) is 1.58. The van der Waals surface area contributed by atoms with Crippen molar-refractivity contribution in [3.05, 3.63) is 77.3 Å². The summed E-state index contributed by atoms with van der Waals surface area (Å²) in [6.45, 7) is 3.87. The van der Waals surface area contributed by atoms with Crippen LogP contribution in [0.5, 0.6) is 5.75 Å². The van der Waals surface area contributed by atoms with Crippen LogP contribution in [0.1, 0.15) is 18.2 Å². The smallest absolute Gasteiger partial charge is 0.269 e. The largest absolute Gasteiger partial charge is 0.481 e. The molecule has 0 bridgehead atoms. The number of aryl methyl sites for hydroxylation is 1. The van der Waals surface area contributed by atoms with Crippen LogP contribution in [0, 0.1) is 6.92 Å². The van der Waals surface area contributed by atoms with Gasteiger partial charge in [0.1, 0.15) is 17.3 Å². The zero-order valence-electron chi connectivity index (χ0n) is 14.6. The molecule has 0 aliphatic rings. The summed E-state index contributed by atoms with van der Waals surface area (Å²) < 4.78 is 11.2. The molecule has 0 saturated heterocycles. The van der Waals surface area contributed by atoms with E-state index in [-0.39, 0.29) is 12.5 Å². The van der Waals surface area contributed by atoms with Crippen LogP contribution >= 0.6 is 11.6 Å². The number of pyridine rings is 1. The lowest BCUT2D eigenvalue weighted by molar-refractivity contribution is -0.124. The van der Waals surface area contributed by atoms with E-state index in [1.165, 1.54) is 0 Å². The number of ether oxygens (including phenoxy) is 1. The topological polar surface area (TPSA) is 55.6 Å². The lowest BCUT2D eigenvalue weighted by Crippen LogP contribution is -2.40. The first kappa shape index (κ1) is 18.0. The molecule has 0 radical (unpaired) electrons. The molecule has 3 aromatic rings. The molecule has 2 aromatic heterocycles. The van der Waals surface area contributed by atoms with E-state index in [1.54, 1.807) is 54.6 Å². The van der Waals surface area contributed by atoms with Gasteiger partial charge in [-0.05, 0) is 61.9 Å². The van der Waals surface area contributed by atoms with E-state index in [4.69, 9.17) is 20.8 Å². The maximum atomic E-state index is 13.0. The average molecular weight is 371 g/mol. The van der Waals surface area contributed by atoms with E-state index in [0.29, 0.717) is 22.4 Å². The van der Waals surface area contributed by atoms with Gasteiger partial charge in [0.2, 0.25) is 0 Å². The first-order chi connectivity index (χ1) is 12.5. The first-order valence-corrected chi connectivity index (χ1v) is 8.60. The van der Waals surface area contributed by atoms with Gasteiger partial charge in [-0.25, -0.2) is 4.98 Å². The minimum atomic E-state index is -0.701. The molecule has 0 saturated carbocycles. The molecule has 0 N–H and O–H groups in total. The molecule has 0 fully saturated rings. The van der Waals surface area contributed by atoms with Crippen molar-refractivity contribution >= 4 is 23.3 Å². The van der Waals surface area contributed by atoms with Gasteiger partial charge in [-0.1, -0.05) is 17.7 Å². The first-order valence-electron chi connectivity index (χ1n) is 8.22. The number of furan rings is 1. The molecule has 5 nitrogen and oxygen atoms in total. The molecule has 2 heterocycles. The van der Waals surface area contributed by atoms with Crippen LogP contribution in [0.3, 0.4) is 0 Å². The third-order valence-corrected chi connectivity index (χ3v) is 4.30. The van der Waals surface area contributed by atoms with Crippen LogP contribution in [0.15, 0.2) is 65.4 Å². The highest BCUT2D eigenvalue weighted by Crippen LogP contribution is 2.23. The van der Waals surface area contributed by atoms with Gasteiger partial charge >= 0.3 is 0 Å². The highest BCUT2D eigenvalue weighted by Gasteiger charge is 2.25. The molecule has 0 spiro atoms. The van der Waals surface area contributed by atoms with Crippen molar-refractivity contribution in [2.45, 2.75) is 26.5 Å². The Hall–Kier alpha value is -2.79. The summed E-state index contributed by atoms with van der Waals surface area (Å²) in [7, 11) is 0. The third-order valence-electron chi connectivity index (χ3n) is 3.88. The normalized spacial score (nSPS) is 11.8. The number of hydrogen-bond donors (Lipinski definition) is 0.